The van der Waals surface area contributed by atoms with Crippen LogP contribution in [0.15, 0.2) is 22.7 Å². The summed E-state index contributed by atoms with van der Waals surface area (Å²) in [5.74, 6) is -1.03. The zero-order valence-electron chi connectivity index (χ0n) is 20.1. The number of para-hydroxylation sites is 1. The predicted octanol–water partition coefficient (Wildman–Crippen LogP) is 3.70. The average molecular weight is 472 g/mol. The number of aromatic nitrogens is 1. The number of carbonyl (C=O) groups excluding carboxylic acids is 3. The van der Waals surface area contributed by atoms with Gasteiger partial charge in [0.15, 0.2) is 5.58 Å². The van der Waals surface area contributed by atoms with Gasteiger partial charge in [-0.1, -0.05) is 17.3 Å². The largest absolute Gasteiger partial charge is 0.444 e. The van der Waals surface area contributed by atoms with Gasteiger partial charge in [0.1, 0.15) is 11.3 Å². The Morgan fingerprint density at radius 1 is 1.21 bits per heavy atom. The van der Waals surface area contributed by atoms with Crippen LogP contribution in [-0.4, -0.2) is 59.4 Å². The summed E-state index contributed by atoms with van der Waals surface area (Å²) in [7, 11) is 0. The number of likely N-dealkylation sites (tertiary alicyclic amines) is 1. The summed E-state index contributed by atoms with van der Waals surface area (Å²) in [4.78, 5) is 37.6. The number of nitrogens with zero attached hydrogens (tertiary/aromatic N) is 2. The Bertz CT molecular complexity index is 1050. The molecule has 9 nitrogen and oxygen atoms in total. The lowest BCUT2D eigenvalue weighted by atomic mass is 9.92. The monoisotopic (exact) mass is 471 g/mol. The summed E-state index contributed by atoms with van der Waals surface area (Å²) in [6.45, 7) is 7.50. The first-order chi connectivity index (χ1) is 16.2. The standard InChI is InChI=1S/C25H33N3O6/c1-25(2,3)33-24(31)28-13-11-17(12-14-28)32-15-5-7-16-6-4-8-18-21(27-34-22(16)18)19-9-10-20(29)26-23(19)30/h4,6,8,17,19H,5,7,9-15H2,1-3H3,(H,26,29,30). The van der Waals surface area contributed by atoms with Gasteiger partial charge in [0.05, 0.1) is 12.0 Å². The van der Waals surface area contributed by atoms with E-state index >= 15 is 0 Å². The number of fused-ring (bicyclic) bond motifs is 1. The SMILES string of the molecule is CC(C)(C)OC(=O)N1CCC(OCCCc2cccc3c(C4CCC(=O)NC4=O)noc23)CC1. The number of hydrogen-bond acceptors (Lipinski definition) is 7. The molecule has 2 aromatic rings. The van der Waals surface area contributed by atoms with Gasteiger partial charge in [-0.3, -0.25) is 14.9 Å². The number of aryl methyl sites for hydroxylation is 1. The van der Waals surface area contributed by atoms with Gasteiger partial charge in [0, 0.05) is 31.5 Å². The molecule has 0 spiro atoms. The molecule has 1 aromatic heterocycles. The smallest absolute Gasteiger partial charge is 0.410 e. The molecule has 3 amide bonds. The molecule has 3 heterocycles. The fourth-order valence-electron chi connectivity index (χ4n) is 4.49. The van der Waals surface area contributed by atoms with Crippen molar-refractivity contribution in [3.63, 3.8) is 0 Å². The van der Waals surface area contributed by atoms with Crippen LogP contribution in [0.25, 0.3) is 11.0 Å². The topological polar surface area (TPSA) is 111 Å². The second-order valence-electron chi connectivity index (χ2n) is 10.0. The first kappa shape index (κ1) is 24.2. The highest BCUT2D eigenvalue weighted by Gasteiger charge is 2.32. The minimum atomic E-state index is -0.487. The van der Waals surface area contributed by atoms with Crippen molar-refractivity contribution >= 4 is 28.9 Å². The van der Waals surface area contributed by atoms with Crippen LogP contribution < -0.4 is 5.32 Å². The maximum absolute atomic E-state index is 12.3. The summed E-state index contributed by atoms with van der Waals surface area (Å²) in [6.07, 6.45) is 3.80. The van der Waals surface area contributed by atoms with Crippen LogP contribution in [0.2, 0.25) is 0 Å². The number of imide groups is 1. The van der Waals surface area contributed by atoms with Gasteiger partial charge in [-0.05, 0) is 64.5 Å². The zero-order chi connectivity index (χ0) is 24.3. The van der Waals surface area contributed by atoms with Gasteiger partial charge < -0.3 is 18.9 Å². The molecule has 0 radical (unpaired) electrons. The Hall–Kier alpha value is -2.94. The molecule has 0 saturated carbocycles. The number of carbonyl (C=O) groups is 3. The fourth-order valence-corrected chi connectivity index (χ4v) is 4.49. The summed E-state index contributed by atoms with van der Waals surface area (Å²) < 4.78 is 17.1. The lowest BCUT2D eigenvalue weighted by molar-refractivity contribution is -0.134. The predicted molar refractivity (Wildman–Crippen MR) is 124 cm³/mol. The molecule has 0 aliphatic carbocycles. The Labute approximate surface area is 199 Å². The zero-order valence-corrected chi connectivity index (χ0v) is 20.1. The Morgan fingerprint density at radius 2 is 1.97 bits per heavy atom. The van der Waals surface area contributed by atoms with E-state index in [0.29, 0.717) is 43.8 Å². The average Bonchev–Trinajstić information content (AvgIpc) is 3.21. The third-order valence-corrected chi connectivity index (χ3v) is 6.21. The van der Waals surface area contributed by atoms with Crippen molar-refractivity contribution in [2.75, 3.05) is 19.7 Å². The van der Waals surface area contributed by atoms with Crippen molar-refractivity contribution in [2.45, 2.75) is 76.9 Å². The maximum atomic E-state index is 12.3. The van der Waals surface area contributed by atoms with Crippen molar-refractivity contribution < 1.29 is 28.4 Å². The quantitative estimate of drug-likeness (QED) is 0.505. The Kier molecular flexibility index (Phi) is 7.21. The first-order valence-electron chi connectivity index (χ1n) is 12.0. The van der Waals surface area contributed by atoms with Crippen molar-refractivity contribution in [3.05, 3.63) is 29.5 Å². The highest BCUT2D eigenvalue weighted by atomic mass is 16.6. The summed E-state index contributed by atoms with van der Waals surface area (Å²) in [5.41, 5.74) is 1.81. The molecular weight excluding hydrogens is 438 g/mol. The van der Waals surface area contributed by atoms with Crippen LogP contribution in [0, 0.1) is 0 Å². The third-order valence-electron chi connectivity index (χ3n) is 6.21. The van der Waals surface area contributed by atoms with Crippen molar-refractivity contribution in [1.82, 2.24) is 15.4 Å². The number of hydrogen-bond donors (Lipinski definition) is 1. The van der Waals surface area contributed by atoms with Crippen LogP contribution in [0.1, 0.15) is 70.1 Å². The molecule has 1 atom stereocenters. The van der Waals surface area contributed by atoms with Crippen molar-refractivity contribution in [1.29, 1.82) is 0 Å². The van der Waals surface area contributed by atoms with E-state index in [1.54, 1.807) is 4.90 Å². The summed E-state index contributed by atoms with van der Waals surface area (Å²) in [5, 5.41) is 7.38. The van der Waals surface area contributed by atoms with Crippen molar-refractivity contribution in [3.8, 4) is 0 Å². The molecule has 2 fully saturated rings. The number of piperidine rings is 2. The van der Waals surface area contributed by atoms with E-state index in [2.05, 4.69) is 10.5 Å². The number of amides is 3. The van der Waals surface area contributed by atoms with Crippen molar-refractivity contribution in [2.24, 2.45) is 0 Å². The van der Waals surface area contributed by atoms with Gasteiger partial charge in [-0.25, -0.2) is 4.79 Å². The maximum Gasteiger partial charge on any atom is 0.410 e. The van der Waals surface area contributed by atoms with E-state index in [1.165, 1.54) is 0 Å². The Balaban J connectivity index is 1.26. The molecule has 9 heteroatoms. The van der Waals surface area contributed by atoms with E-state index in [0.717, 1.165) is 36.6 Å². The molecule has 1 aromatic carbocycles. The van der Waals surface area contributed by atoms with Crippen LogP contribution in [0.4, 0.5) is 4.79 Å². The van der Waals surface area contributed by atoms with Gasteiger partial charge in [0.25, 0.3) is 0 Å². The van der Waals surface area contributed by atoms with Gasteiger partial charge in [0.2, 0.25) is 11.8 Å². The Morgan fingerprint density at radius 3 is 2.68 bits per heavy atom. The molecule has 1 N–H and O–H groups in total. The lowest BCUT2D eigenvalue weighted by Gasteiger charge is -2.33. The van der Waals surface area contributed by atoms with E-state index < -0.39 is 11.5 Å². The normalized spacial score (nSPS) is 20.0. The molecule has 34 heavy (non-hydrogen) atoms. The van der Waals surface area contributed by atoms with Crippen LogP contribution >= 0.6 is 0 Å². The minimum Gasteiger partial charge on any atom is -0.444 e. The minimum absolute atomic E-state index is 0.138. The second-order valence-corrected chi connectivity index (χ2v) is 10.0. The van der Waals surface area contributed by atoms with E-state index in [4.69, 9.17) is 14.0 Å². The van der Waals surface area contributed by atoms with E-state index in [-0.39, 0.29) is 24.0 Å². The molecular formula is C25H33N3O6. The van der Waals surface area contributed by atoms with Gasteiger partial charge >= 0.3 is 6.09 Å². The van der Waals surface area contributed by atoms with E-state index in [1.807, 2.05) is 39.0 Å². The molecule has 0 bridgehead atoms. The number of benzene rings is 1. The highest BCUT2D eigenvalue weighted by Crippen LogP contribution is 2.32. The molecule has 4 rings (SSSR count). The molecule has 184 valence electrons. The van der Waals surface area contributed by atoms with Gasteiger partial charge in [-0.2, -0.15) is 0 Å². The number of rotatable bonds is 6. The molecule has 2 saturated heterocycles. The third kappa shape index (κ3) is 5.75. The summed E-state index contributed by atoms with van der Waals surface area (Å²) in [6, 6.07) is 5.85. The lowest BCUT2D eigenvalue weighted by Crippen LogP contribution is -2.43. The van der Waals surface area contributed by atoms with Gasteiger partial charge in [-0.15, -0.1) is 0 Å². The number of ether oxygens (including phenoxy) is 2. The summed E-state index contributed by atoms with van der Waals surface area (Å²) >= 11 is 0. The molecule has 1 unspecified atom stereocenters. The van der Waals surface area contributed by atoms with Crippen LogP contribution in [-0.2, 0) is 25.5 Å². The first-order valence-corrected chi connectivity index (χ1v) is 12.0. The second kappa shape index (κ2) is 10.1. The van der Waals surface area contributed by atoms with E-state index in [9.17, 15) is 14.4 Å². The van der Waals surface area contributed by atoms with Crippen LogP contribution in [0.3, 0.4) is 0 Å². The number of nitrogens with one attached hydrogen (secondary N) is 1. The highest BCUT2D eigenvalue weighted by molar-refractivity contribution is 6.02. The molecule has 2 aliphatic rings. The fraction of sp³-hybridized carbons (Fsp3) is 0.600. The van der Waals surface area contributed by atoms with Crippen LogP contribution in [0.5, 0.6) is 0 Å². The molecule has 2 aliphatic heterocycles.